The topological polar surface area (TPSA) is 110 Å². The molecular weight excluding hydrogens is 350 g/mol. The highest BCUT2D eigenvalue weighted by atomic mass is 16.5. The number of esters is 1. The van der Waals surface area contributed by atoms with Crippen molar-refractivity contribution < 1.29 is 14.3 Å². The first-order chi connectivity index (χ1) is 12.9. The quantitative estimate of drug-likeness (QED) is 0.682. The zero-order chi connectivity index (χ0) is 19.6. The van der Waals surface area contributed by atoms with Crippen LogP contribution in [0.15, 0.2) is 58.1 Å². The lowest BCUT2D eigenvalue weighted by Gasteiger charge is -2.16. The third kappa shape index (κ3) is 3.37. The maximum Gasteiger partial charge on any atom is 0.339 e. The summed E-state index contributed by atoms with van der Waals surface area (Å²) in [5, 5.41) is 2.87. The van der Waals surface area contributed by atoms with Gasteiger partial charge in [0.1, 0.15) is 6.04 Å². The standard InChI is InChI=1S/C19H17N3O5/c1-11(16(23)20-15-10-6-4-8-13(15)18(25)27-2)22-17(24)12-7-3-5-9-14(12)21-19(22)26/h3-11H,1-2H3,(H,20,23)(H,21,26)/t11-/m0/s1. The number of nitrogens with zero attached hydrogens (tertiary/aromatic N) is 1. The number of hydrogen-bond donors (Lipinski definition) is 2. The second-order valence-electron chi connectivity index (χ2n) is 5.85. The molecule has 1 aromatic heterocycles. The average Bonchev–Trinajstić information content (AvgIpc) is 2.67. The van der Waals surface area contributed by atoms with Gasteiger partial charge >= 0.3 is 11.7 Å². The number of rotatable bonds is 4. The Balaban J connectivity index is 1.98. The number of benzene rings is 2. The van der Waals surface area contributed by atoms with E-state index in [0.29, 0.717) is 10.9 Å². The Morgan fingerprint density at radius 3 is 2.48 bits per heavy atom. The lowest BCUT2D eigenvalue weighted by atomic mass is 10.1. The minimum Gasteiger partial charge on any atom is -0.465 e. The van der Waals surface area contributed by atoms with Crippen molar-refractivity contribution in [1.82, 2.24) is 9.55 Å². The molecule has 0 aliphatic rings. The van der Waals surface area contributed by atoms with Crippen molar-refractivity contribution in [3.8, 4) is 0 Å². The fraction of sp³-hybridized carbons (Fsp3) is 0.158. The molecule has 3 rings (SSSR count). The van der Waals surface area contributed by atoms with Crippen LogP contribution in [0.2, 0.25) is 0 Å². The van der Waals surface area contributed by atoms with Crippen LogP contribution in [-0.4, -0.2) is 28.5 Å². The summed E-state index contributed by atoms with van der Waals surface area (Å²) >= 11 is 0. The summed E-state index contributed by atoms with van der Waals surface area (Å²) in [7, 11) is 1.23. The molecule has 138 valence electrons. The smallest absolute Gasteiger partial charge is 0.339 e. The summed E-state index contributed by atoms with van der Waals surface area (Å²) < 4.78 is 5.54. The Hall–Kier alpha value is -3.68. The maximum atomic E-state index is 12.7. The molecule has 2 aromatic carbocycles. The molecule has 0 spiro atoms. The largest absolute Gasteiger partial charge is 0.465 e. The SMILES string of the molecule is COC(=O)c1ccccc1NC(=O)[C@H](C)n1c(=O)[nH]c2ccccc2c1=O. The molecule has 0 aliphatic carbocycles. The van der Waals surface area contributed by atoms with Crippen LogP contribution in [0.25, 0.3) is 10.9 Å². The predicted octanol–water partition coefficient (Wildman–Crippen LogP) is 1.68. The summed E-state index contributed by atoms with van der Waals surface area (Å²) in [6, 6.07) is 11.8. The van der Waals surface area contributed by atoms with E-state index in [4.69, 9.17) is 0 Å². The van der Waals surface area contributed by atoms with Crippen LogP contribution in [0.1, 0.15) is 23.3 Å². The highest BCUT2D eigenvalue weighted by molar-refractivity contribution is 6.02. The first-order valence-electron chi connectivity index (χ1n) is 8.16. The van der Waals surface area contributed by atoms with Crippen LogP contribution < -0.4 is 16.6 Å². The Morgan fingerprint density at radius 2 is 1.74 bits per heavy atom. The normalized spacial score (nSPS) is 11.8. The van der Waals surface area contributed by atoms with Crippen LogP contribution in [-0.2, 0) is 9.53 Å². The van der Waals surface area contributed by atoms with E-state index in [1.165, 1.54) is 26.2 Å². The number of anilines is 1. The molecule has 0 unspecified atom stereocenters. The number of H-pyrrole nitrogens is 1. The van der Waals surface area contributed by atoms with Gasteiger partial charge in [0.05, 0.1) is 29.3 Å². The number of para-hydroxylation sites is 2. The van der Waals surface area contributed by atoms with E-state index in [2.05, 4.69) is 15.0 Å². The summed E-state index contributed by atoms with van der Waals surface area (Å²) in [5.41, 5.74) is -0.472. The van der Waals surface area contributed by atoms with E-state index in [1.54, 1.807) is 36.4 Å². The number of amides is 1. The summed E-state index contributed by atoms with van der Waals surface area (Å²) in [5.74, 6) is -1.23. The zero-order valence-corrected chi connectivity index (χ0v) is 14.7. The number of methoxy groups -OCH3 is 1. The number of nitrogens with one attached hydrogen (secondary N) is 2. The van der Waals surface area contributed by atoms with Gasteiger partial charge in [-0.25, -0.2) is 14.2 Å². The van der Waals surface area contributed by atoms with Gasteiger partial charge in [0.2, 0.25) is 5.91 Å². The van der Waals surface area contributed by atoms with Crippen molar-refractivity contribution in [3.05, 3.63) is 74.9 Å². The van der Waals surface area contributed by atoms with Crippen LogP contribution in [0.4, 0.5) is 5.69 Å². The number of carbonyl (C=O) groups is 2. The number of fused-ring (bicyclic) bond motifs is 1. The van der Waals surface area contributed by atoms with Crippen molar-refractivity contribution in [2.24, 2.45) is 0 Å². The van der Waals surface area contributed by atoms with Crippen molar-refractivity contribution >= 4 is 28.5 Å². The Labute approximate surface area is 153 Å². The molecular formula is C19H17N3O5. The minimum absolute atomic E-state index is 0.167. The number of aromatic nitrogens is 2. The molecule has 1 atom stereocenters. The highest BCUT2D eigenvalue weighted by Gasteiger charge is 2.22. The molecule has 8 nitrogen and oxygen atoms in total. The number of ether oxygens (including phenoxy) is 1. The first kappa shape index (κ1) is 18.1. The van der Waals surface area contributed by atoms with Gasteiger partial charge in [-0.15, -0.1) is 0 Å². The van der Waals surface area contributed by atoms with Crippen LogP contribution >= 0.6 is 0 Å². The lowest BCUT2D eigenvalue weighted by Crippen LogP contribution is -2.41. The maximum absolute atomic E-state index is 12.7. The second kappa shape index (κ2) is 7.28. The molecule has 0 bridgehead atoms. The molecule has 0 aliphatic heterocycles. The molecule has 1 amide bonds. The van der Waals surface area contributed by atoms with Crippen LogP contribution in [0, 0.1) is 0 Å². The third-order valence-corrected chi connectivity index (χ3v) is 4.19. The second-order valence-corrected chi connectivity index (χ2v) is 5.85. The van der Waals surface area contributed by atoms with E-state index in [0.717, 1.165) is 4.57 Å². The van der Waals surface area contributed by atoms with Crippen molar-refractivity contribution in [2.75, 3.05) is 12.4 Å². The summed E-state index contributed by atoms with van der Waals surface area (Å²) in [4.78, 5) is 52.0. The van der Waals surface area contributed by atoms with Crippen molar-refractivity contribution in [1.29, 1.82) is 0 Å². The number of aromatic amines is 1. The van der Waals surface area contributed by atoms with Gasteiger partial charge in [-0.3, -0.25) is 9.59 Å². The number of carbonyl (C=O) groups excluding carboxylic acids is 2. The van der Waals surface area contributed by atoms with Crippen molar-refractivity contribution in [2.45, 2.75) is 13.0 Å². The molecule has 8 heteroatoms. The Kier molecular flexibility index (Phi) is 4.89. The molecule has 27 heavy (non-hydrogen) atoms. The van der Waals surface area contributed by atoms with E-state index < -0.39 is 29.2 Å². The molecule has 0 fully saturated rings. The van der Waals surface area contributed by atoms with Gasteiger partial charge in [0.25, 0.3) is 5.56 Å². The van der Waals surface area contributed by atoms with Crippen LogP contribution in [0.5, 0.6) is 0 Å². The number of hydrogen-bond acceptors (Lipinski definition) is 5. The Morgan fingerprint density at radius 1 is 1.07 bits per heavy atom. The van der Waals surface area contributed by atoms with Gasteiger partial charge in [-0.1, -0.05) is 24.3 Å². The molecule has 0 saturated heterocycles. The summed E-state index contributed by atoms with van der Waals surface area (Å²) in [6.45, 7) is 1.43. The Bertz CT molecular complexity index is 1150. The van der Waals surface area contributed by atoms with Gasteiger partial charge in [0, 0.05) is 0 Å². The van der Waals surface area contributed by atoms with Gasteiger partial charge in [0.15, 0.2) is 0 Å². The minimum atomic E-state index is -1.10. The molecule has 0 radical (unpaired) electrons. The van der Waals surface area contributed by atoms with Gasteiger partial charge < -0.3 is 15.0 Å². The molecule has 0 saturated carbocycles. The monoisotopic (exact) mass is 367 g/mol. The first-order valence-corrected chi connectivity index (χ1v) is 8.16. The van der Waals surface area contributed by atoms with Crippen LogP contribution in [0.3, 0.4) is 0 Å². The zero-order valence-electron chi connectivity index (χ0n) is 14.7. The lowest BCUT2D eigenvalue weighted by molar-refractivity contribution is -0.119. The predicted molar refractivity (Wildman–Crippen MR) is 100.0 cm³/mol. The molecule has 3 aromatic rings. The van der Waals surface area contributed by atoms with Gasteiger partial charge in [-0.05, 0) is 31.2 Å². The van der Waals surface area contributed by atoms with E-state index >= 15 is 0 Å². The average molecular weight is 367 g/mol. The van der Waals surface area contributed by atoms with Crippen molar-refractivity contribution in [3.63, 3.8) is 0 Å². The molecule has 1 heterocycles. The fourth-order valence-corrected chi connectivity index (χ4v) is 2.76. The summed E-state index contributed by atoms with van der Waals surface area (Å²) in [6.07, 6.45) is 0. The fourth-order valence-electron chi connectivity index (χ4n) is 2.76. The highest BCUT2D eigenvalue weighted by Crippen LogP contribution is 2.17. The van der Waals surface area contributed by atoms with E-state index in [-0.39, 0.29) is 11.3 Å². The third-order valence-electron chi connectivity index (χ3n) is 4.19. The van der Waals surface area contributed by atoms with Gasteiger partial charge in [-0.2, -0.15) is 0 Å². The van der Waals surface area contributed by atoms with E-state index in [1.807, 2.05) is 0 Å². The molecule has 2 N–H and O–H groups in total. The van der Waals surface area contributed by atoms with E-state index in [9.17, 15) is 19.2 Å².